The molecule has 1 atom stereocenters. The van der Waals surface area contributed by atoms with E-state index in [1.54, 1.807) is 6.07 Å². The molecule has 270 valence electrons. The molecule has 2 aliphatic rings. The minimum Gasteiger partial charge on any atom is -0.506 e. The number of phenols is 1. The predicted octanol–water partition coefficient (Wildman–Crippen LogP) is 5.55. The number of benzene rings is 1. The zero-order valence-electron chi connectivity index (χ0n) is 27.7. The van der Waals surface area contributed by atoms with Crippen LogP contribution in [0, 0.1) is 0 Å². The number of likely N-dealkylation sites (tertiary alicyclic amines) is 1. The Labute approximate surface area is 283 Å². The molecule has 2 amide bonds. The summed E-state index contributed by atoms with van der Waals surface area (Å²) in [5.74, 6) is -1.86. The highest BCUT2D eigenvalue weighted by molar-refractivity contribution is 7.16. The number of unbranched alkanes of at least 4 members (excludes halogenated alkanes) is 7. The molecule has 2 fully saturated rings. The van der Waals surface area contributed by atoms with Crippen LogP contribution in [0.5, 0.6) is 5.75 Å². The van der Waals surface area contributed by atoms with Crippen LogP contribution in [-0.4, -0.2) is 113 Å². The maximum Gasteiger partial charge on any atom is 0.471 e. The number of rotatable bonds is 16. The van der Waals surface area contributed by atoms with Crippen molar-refractivity contribution in [2.75, 3.05) is 59.0 Å². The summed E-state index contributed by atoms with van der Waals surface area (Å²) in [6.07, 6.45) is 3.37. The molecule has 1 spiro atoms. The second-order valence-corrected chi connectivity index (χ2v) is 13.9. The third-order valence-electron chi connectivity index (χ3n) is 9.27. The van der Waals surface area contributed by atoms with Crippen LogP contribution in [0.25, 0.3) is 10.2 Å². The minimum atomic E-state index is -4.86. The number of aromatic nitrogens is 1. The van der Waals surface area contributed by atoms with E-state index in [4.69, 9.17) is 9.47 Å². The number of alkyl halides is 3. The average Bonchev–Trinajstić information content (AvgIpc) is 3.45. The molecule has 3 N–H and O–H groups in total. The number of hydrogen-bond donors (Lipinski definition) is 3. The van der Waals surface area contributed by atoms with Gasteiger partial charge in [-0.3, -0.25) is 9.59 Å². The molecule has 2 aromatic rings. The van der Waals surface area contributed by atoms with Crippen LogP contribution in [-0.2, 0) is 14.3 Å². The van der Waals surface area contributed by atoms with Gasteiger partial charge in [-0.05, 0) is 44.7 Å². The zero-order chi connectivity index (χ0) is 34.7. The summed E-state index contributed by atoms with van der Waals surface area (Å²) in [5.41, 5.74) is 0.0565. The van der Waals surface area contributed by atoms with E-state index < -0.39 is 29.9 Å². The Morgan fingerprint density at radius 2 is 1.77 bits per heavy atom. The molecule has 15 heteroatoms. The lowest BCUT2D eigenvalue weighted by atomic mass is 9.89. The van der Waals surface area contributed by atoms with Crippen molar-refractivity contribution < 1.29 is 42.4 Å². The van der Waals surface area contributed by atoms with Crippen molar-refractivity contribution in [1.82, 2.24) is 19.7 Å². The van der Waals surface area contributed by atoms with Crippen molar-refractivity contribution >= 4 is 33.6 Å². The third kappa shape index (κ3) is 10.6. The Morgan fingerprint density at radius 1 is 1.08 bits per heavy atom. The first-order valence-electron chi connectivity index (χ1n) is 17.1. The average molecular weight is 703 g/mol. The number of morpholine rings is 1. The normalized spacial score (nSPS) is 17.6. The smallest absolute Gasteiger partial charge is 0.471 e. The number of aliphatic hydroxyl groups is 1. The van der Waals surface area contributed by atoms with Crippen molar-refractivity contribution in [1.29, 1.82) is 0 Å². The van der Waals surface area contributed by atoms with Crippen LogP contribution in [0.2, 0.25) is 0 Å². The van der Waals surface area contributed by atoms with Gasteiger partial charge in [0.05, 0.1) is 42.7 Å². The van der Waals surface area contributed by atoms with Gasteiger partial charge >= 0.3 is 23.0 Å². The van der Waals surface area contributed by atoms with E-state index in [0.29, 0.717) is 36.3 Å². The Kier molecular flexibility index (Phi) is 14.0. The maximum atomic E-state index is 12.9. The van der Waals surface area contributed by atoms with Gasteiger partial charge in [0.25, 0.3) is 0 Å². The molecule has 0 bridgehead atoms. The number of phenolic OH excluding ortho intramolecular Hbond substituents is 1. The van der Waals surface area contributed by atoms with Gasteiger partial charge in [0, 0.05) is 31.7 Å². The SMILES string of the molecule is CCCCOC(=O)N(CCCCCCCCCN1CCC2(CC1)CN(C(=O)C(F)(F)F)CCO2)CC(O)c1ccc(O)c2[nH]c(=O)sc12. The summed E-state index contributed by atoms with van der Waals surface area (Å²) in [6.45, 7) is 5.24. The van der Waals surface area contributed by atoms with Gasteiger partial charge in [-0.15, -0.1) is 0 Å². The standard InChI is InChI=1S/C33H49F3N4O7S/c1-2-3-20-46-31(45)39(22-26(42)24-11-12-25(41)27-28(24)48-30(44)37-27)16-10-8-6-4-5-7-9-15-38-17-13-32(14-18-38)23-40(19-21-47-32)29(43)33(34,35)36/h11-12,26,41-42H,2-10,13-23H2,1H3,(H,37,44). The largest absolute Gasteiger partial charge is 0.506 e. The third-order valence-corrected chi connectivity index (χ3v) is 10.2. The molecular weight excluding hydrogens is 653 g/mol. The highest BCUT2D eigenvalue weighted by Gasteiger charge is 2.48. The molecule has 0 radical (unpaired) electrons. The van der Waals surface area contributed by atoms with E-state index in [1.807, 2.05) is 6.92 Å². The van der Waals surface area contributed by atoms with Gasteiger partial charge in [0.15, 0.2) is 0 Å². The lowest BCUT2D eigenvalue weighted by Gasteiger charge is -2.47. The number of H-pyrrole nitrogens is 1. The fourth-order valence-electron chi connectivity index (χ4n) is 6.47. The van der Waals surface area contributed by atoms with E-state index in [0.717, 1.165) is 93.7 Å². The van der Waals surface area contributed by atoms with E-state index >= 15 is 0 Å². The minimum absolute atomic E-state index is 0.00318. The number of carbonyl (C=O) groups excluding carboxylic acids is 2. The maximum absolute atomic E-state index is 12.9. The van der Waals surface area contributed by atoms with Crippen LogP contribution >= 0.6 is 11.3 Å². The van der Waals surface area contributed by atoms with Gasteiger partial charge in [-0.25, -0.2) is 4.79 Å². The number of ether oxygens (including phenoxy) is 2. The number of fused-ring (bicyclic) bond motifs is 1. The van der Waals surface area contributed by atoms with Gasteiger partial charge in [-0.1, -0.05) is 62.9 Å². The highest BCUT2D eigenvalue weighted by Crippen LogP contribution is 2.33. The Bertz CT molecular complexity index is 1390. The van der Waals surface area contributed by atoms with Gasteiger partial charge < -0.3 is 39.4 Å². The topological polar surface area (TPSA) is 136 Å². The number of carbonyl (C=O) groups is 2. The molecular formula is C33H49F3N4O7S. The number of piperidine rings is 1. The molecule has 3 heterocycles. The van der Waals surface area contributed by atoms with Crippen LogP contribution in [0.15, 0.2) is 16.9 Å². The fourth-order valence-corrected chi connectivity index (χ4v) is 7.39. The first-order chi connectivity index (χ1) is 22.9. The number of aromatic amines is 1. The Balaban J connectivity index is 1.13. The summed E-state index contributed by atoms with van der Waals surface area (Å²) in [6, 6.07) is 2.99. The molecule has 1 aromatic heterocycles. The number of thiazole rings is 1. The van der Waals surface area contributed by atoms with E-state index in [-0.39, 0.29) is 42.4 Å². The number of nitrogens with one attached hydrogen (secondary N) is 1. The summed E-state index contributed by atoms with van der Waals surface area (Å²) < 4.78 is 50.5. The summed E-state index contributed by atoms with van der Waals surface area (Å²) in [4.78, 5) is 43.5. The number of aromatic hydroxyl groups is 1. The van der Waals surface area contributed by atoms with Crippen LogP contribution in [0.1, 0.15) is 89.2 Å². The molecule has 0 aliphatic carbocycles. The molecule has 4 rings (SSSR count). The second kappa shape index (κ2) is 17.7. The summed E-state index contributed by atoms with van der Waals surface area (Å²) >= 11 is 0.903. The number of aliphatic hydroxyl groups excluding tert-OH is 1. The highest BCUT2D eigenvalue weighted by atomic mass is 32.1. The van der Waals surface area contributed by atoms with Crippen LogP contribution < -0.4 is 4.87 Å². The first-order valence-corrected chi connectivity index (χ1v) is 17.9. The number of hydrogen-bond acceptors (Lipinski definition) is 9. The van der Waals surface area contributed by atoms with E-state index in [2.05, 4.69) is 9.88 Å². The van der Waals surface area contributed by atoms with Crippen LogP contribution in [0.4, 0.5) is 18.0 Å². The molecule has 0 saturated carbocycles. The van der Waals surface area contributed by atoms with Gasteiger partial charge in [0.1, 0.15) is 11.3 Å². The monoisotopic (exact) mass is 702 g/mol. The van der Waals surface area contributed by atoms with Gasteiger partial charge in [0.2, 0.25) is 0 Å². The van der Waals surface area contributed by atoms with Crippen LogP contribution in [0.3, 0.4) is 0 Å². The predicted molar refractivity (Wildman–Crippen MR) is 176 cm³/mol. The molecule has 1 unspecified atom stereocenters. The molecule has 2 saturated heterocycles. The summed E-state index contributed by atoms with van der Waals surface area (Å²) in [5, 5.41) is 21.1. The van der Waals surface area contributed by atoms with Gasteiger partial charge in [-0.2, -0.15) is 13.2 Å². The Hall–Kier alpha value is -2.88. The second-order valence-electron chi connectivity index (χ2n) is 12.9. The van der Waals surface area contributed by atoms with Crippen molar-refractivity contribution in [3.63, 3.8) is 0 Å². The van der Waals surface area contributed by atoms with Crippen molar-refractivity contribution in [3.05, 3.63) is 27.4 Å². The number of amides is 2. The van der Waals surface area contributed by atoms with Crippen molar-refractivity contribution in [3.8, 4) is 5.75 Å². The summed E-state index contributed by atoms with van der Waals surface area (Å²) in [7, 11) is 0. The lowest BCUT2D eigenvalue weighted by molar-refractivity contribution is -0.200. The Morgan fingerprint density at radius 3 is 2.46 bits per heavy atom. The molecule has 48 heavy (non-hydrogen) atoms. The van der Waals surface area contributed by atoms with E-state index in [1.165, 1.54) is 11.0 Å². The molecule has 11 nitrogen and oxygen atoms in total. The lowest BCUT2D eigenvalue weighted by Crippen LogP contribution is -2.59. The number of nitrogens with zero attached hydrogens (tertiary/aromatic N) is 3. The first kappa shape index (κ1) is 37.9. The van der Waals surface area contributed by atoms with Crippen molar-refractivity contribution in [2.24, 2.45) is 0 Å². The van der Waals surface area contributed by atoms with Crippen molar-refractivity contribution in [2.45, 2.75) is 95.4 Å². The molecule has 2 aliphatic heterocycles. The fraction of sp³-hybridized carbons (Fsp3) is 0.727. The van der Waals surface area contributed by atoms with E-state index in [9.17, 15) is 37.8 Å². The quantitative estimate of drug-likeness (QED) is 0.194. The zero-order valence-corrected chi connectivity index (χ0v) is 28.5. The number of halogens is 3. The molecule has 1 aromatic carbocycles.